The predicted molar refractivity (Wildman–Crippen MR) is 92.2 cm³/mol. The standard InChI is InChI=1S/C18H26N2O4/c1-8-9-20(17(22)11(2)3)10-14(21)15-12(4)16(18(23)24-7)19(6)13(15)5/h8,11H,1,9-10H2,2-7H3. The fourth-order valence-corrected chi connectivity index (χ4v) is 2.78. The van der Waals surface area contributed by atoms with Gasteiger partial charge in [0.15, 0.2) is 5.78 Å². The smallest absolute Gasteiger partial charge is 0.354 e. The molecule has 0 aliphatic carbocycles. The SMILES string of the molecule is C=CCN(CC(=O)c1c(C)c(C(=O)OC)n(C)c1C)C(=O)C(C)C. The highest BCUT2D eigenvalue weighted by atomic mass is 16.5. The van der Waals surface area contributed by atoms with Crippen molar-refractivity contribution in [2.45, 2.75) is 27.7 Å². The molecule has 6 nitrogen and oxygen atoms in total. The second kappa shape index (κ2) is 7.95. The third-order valence-corrected chi connectivity index (χ3v) is 4.08. The summed E-state index contributed by atoms with van der Waals surface area (Å²) >= 11 is 0. The topological polar surface area (TPSA) is 68.6 Å². The Hall–Kier alpha value is -2.37. The zero-order valence-corrected chi connectivity index (χ0v) is 15.3. The maximum absolute atomic E-state index is 12.8. The molecule has 6 heteroatoms. The highest BCUT2D eigenvalue weighted by Gasteiger charge is 2.27. The van der Waals surface area contributed by atoms with E-state index >= 15 is 0 Å². The lowest BCUT2D eigenvalue weighted by molar-refractivity contribution is -0.133. The molecule has 24 heavy (non-hydrogen) atoms. The van der Waals surface area contributed by atoms with Crippen LogP contribution in [0.3, 0.4) is 0 Å². The molecule has 0 saturated carbocycles. The normalized spacial score (nSPS) is 10.6. The fraction of sp³-hybridized carbons (Fsp3) is 0.500. The average molecular weight is 334 g/mol. The molecule has 132 valence electrons. The third kappa shape index (κ3) is 3.75. The van der Waals surface area contributed by atoms with E-state index in [9.17, 15) is 14.4 Å². The lowest BCUT2D eigenvalue weighted by Crippen LogP contribution is -2.38. The highest BCUT2D eigenvalue weighted by molar-refractivity contribution is 6.04. The number of nitrogens with zero attached hydrogens (tertiary/aromatic N) is 2. The minimum Gasteiger partial charge on any atom is -0.464 e. The first-order valence-electron chi connectivity index (χ1n) is 7.84. The summed E-state index contributed by atoms with van der Waals surface area (Å²) in [7, 11) is 3.02. The van der Waals surface area contributed by atoms with Gasteiger partial charge in [0.05, 0.1) is 13.7 Å². The third-order valence-electron chi connectivity index (χ3n) is 4.08. The van der Waals surface area contributed by atoms with E-state index in [1.54, 1.807) is 45.4 Å². The molecule has 0 radical (unpaired) electrons. The number of esters is 1. The minimum atomic E-state index is -0.488. The Morgan fingerprint density at radius 1 is 1.29 bits per heavy atom. The van der Waals surface area contributed by atoms with Gasteiger partial charge >= 0.3 is 5.97 Å². The number of carbonyl (C=O) groups excluding carboxylic acids is 3. The number of carbonyl (C=O) groups is 3. The van der Waals surface area contributed by atoms with Gasteiger partial charge in [0, 0.05) is 30.8 Å². The van der Waals surface area contributed by atoms with Gasteiger partial charge in [-0.15, -0.1) is 6.58 Å². The fourth-order valence-electron chi connectivity index (χ4n) is 2.78. The van der Waals surface area contributed by atoms with E-state index in [-0.39, 0.29) is 24.2 Å². The van der Waals surface area contributed by atoms with E-state index in [2.05, 4.69) is 6.58 Å². The van der Waals surface area contributed by atoms with Gasteiger partial charge in [0.1, 0.15) is 5.69 Å². The first-order chi connectivity index (χ1) is 11.2. The number of rotatable bonds is 7. The number of aromatic nitrogens is 1. The number of hydrogen-bond donors (Lipinski definition) is 0. The second-order valence-electron chi connectivity index (χ2n) is 6.07. The molecule has 1 aromatic heterocycles. The largest absolute Gasteiger partial charge is 0.464 e. The molecular formula is C18H26N2O4. The number of Topliss-reactive ketones (excluding diaryl/α,β-unsaturated/α-hetero) is 1. The summed E-state index contributed by atoms with van der Waals surface area (Å²) in [5, 5.41) is 0. The summed E-state index contributed by atoms with van der Waals surface area (Å²) in [5.41, 5.74) is 2.06. The summed E-state index contributed by atoms with van der Waals surface area (Å²) in [5.74, 6) is -1.01. The molecule has 0 fully saturated rings. The van der Waals surface area contributed by atoms with Crippen molar-refractivity contribution in [3.8, 4) is 0 Å². The van der Waals surface area contributed by atoms with Gasteiger partial charge in [0.2, 0.25) is 5.91 Å². The monoisotopic (exact) mass is 334 g/mol. The summed E-state index contributed by atoms with van der Waals surface area (Å²) in [6, 6.07) is 0. The molecule has 1 aromatic rings. The van der Waals surface area contributed by atoms with E-state index in [0.29, 0.717) is 29.1 Å². The van der Waals surface area contributed by atoms with Crippen molar-refractivity contribution in [1.82, 2.24) is 9.47 Å². The highest BCUT2D eigenvalue weighted by Crippen LogP contribution is 2.23. The van der Waals surface area contributed by atoms with Gasteiger partial charge in [-0.05, 0) is 19.4 Å². The maximum atomic E-state index is 12.8. The molecule has 0 spiro atoms. The van der Waals surface area contributed by atoms with Gasteiger partial charge < -0.3 is 14.2 Å². The summed E-state index contributed by atoms with van der Waals surface area (Å²) < 4.78 is 6.44. The maximum Gasteiger partial charge on any atom is 0.354 e. The van der Waals surface area contributed by atoms with E-state index in [4.69, 9.17) is 4.74 Å². The zero-order chi connectivity index (χ0) is 18.6. The van der Waals surface area contributed by atoms with Gasteiger partial charge in [-0.2, -0.15) is 0 Å². The molecule has 0 N–H and O–H groups in total. The van der Waals surface area contributed by atoms with Crippen LogP contribution in [0.1, 0.15) is 46.0 Å². The van der Waals surface area contributed by atoms with Gasteiger partial charge in [0.25, 0.3) is 0 Å². The van der Waals surface area contributed by atoms with Crippen LogP contribution in [0.15, 0.2) is 12.7 Å². The molecule has 0 bridgehead atoms. The number of ether oxygens (including phenoxy) is 1. The van der Waals surface area contributed by atoms with E-state index < -0.39 is 5.97 Å². The van der Waals surface area contributed by atoms with Crippen LogP contribution in [0.2, 0.25) is 0 Å². The van der Waals surface area contributed by atoms with Crippen molar-refractivity contribution in [3.05, 3.63) is 35.2 Å². The van der Waals surface area contributed by atoms with Crippen LogP contribution in [0, 0.1) is 19.8 Å². The lowest BCUT2D eigenvalue weighted by atomic mass is 10.0. The Kier molecular flexibility index (Phi) is 6.51. The van der Waals surface area contributed by atoms with Gasteiger partial charge in [-0.25, -0.2) is 4.79 Å². The van der Waals surface area contributed by atoms with Gasteiger partial charge in [-0.1, -0.05) is 19.9 Å². The Labute approximate surface area is 143 Å². The average Bonchev–Trinajstić information content (AvgIpc) is 2.75. The van der Waals surface area contributed by atoms with Crippen molar-refractivity contribution in [2.24, 2.45) is 13.0 Å². The molecular weight excluding hydrogens is 308 g/mol. The van der Waals surface area contributed by atoms with Crippen LogP contribution in [-0.2, 0) is 16.6 Å². The molecule has 0 aromatic carbocycles. The Bertz CT molecular complexity index is 671. The molecule has 0 atom stereocenters. The Morgan fingerprint density at radius 2 is 1.88 bits per heavy atom. The molecule has 0 unspecified atom stereocenters. The predicted octanol–water partition coefficient (Wildman–Crippen LogP) is 2.28. The van der Waals surface area contributed by atoms with Crippen molar-refractivity contribution in [2.75, 3.05) is 20.2 Å². The van der Waals surface area contributed by atoms with Crippen molar-refractivity contribution >= 4 is 17.7 Å². The van der Waals surface area contributed by atoms with Crippen LogP contribution in [0.5, 0.6) is 0 Å². The number of methoxy groups -OCH3 is 1. The van der Waals surface area contributed by atoms with Crippen molar-refractivity contribution < 1.29 is 19.1 Å². The lowest BCUT2D eigenvalue weighted by Gasteiger charge is -2.22. The summed E-state index contributed by atoms with van der Waals surface area (Å²) in [6.45, 7) is 11.0. The van der Waals surface area contributed by atoms with Gasteiger partial charge in [-0.3, -0.25) is 9.59 Å². The van der Waals surface area contributed by atoms with Crippen LogP contribution in [-0.4, -0.2) is 47.3 Å². The number of ketones is 1. The molecule has 0 aliphatic rings. The molecule has 1 heterocycles. The van der Waals surface area contributed by atoms with Crippen LogP contribution in [0.25, 0.3) is 0 Å². The second-order valence-corrected chi connectivity index (χ2v) is 6.07. The first kappa shape index (κ1) is 19.7. The van der Waals surface area contributed by atoms with Crippen LogP contribution < -0.4 is 0 Å². The zero-order valence-electron chi connectivity index (χ0n) is 15.3. The number of hydrogen-bond acceptors (Lipinski definition) is 4. The van der Waals surface area contributed by atoms with Crippen molar-refractivity contribution in [3.63, 3.8) is 0 Å². The Morgan fingerprint density at radius 3 is 2.33 bits per heavy atom. The summed E-state index contributed by atoms with van der Waals surface area (Å²) in [4.78, 5) is 38.4. The molecule has 1 amide bonds. The molecule has 0 saturated heterocycles. The number of amides is 1. The molecule has 1 rings (SSSR count). The van der Waals surface area contributed by atoms with Crippen LogP contribution >= 0.6 is 0 Å². The Balaban J connectivity index is 3.22. The quantitative estimate of drug-likeness (QED) is 0.436. The minimum absolute atomic E-state index is 0.0463. The van der Waals surface area contributed by atoms with Crippen LogP contribution in [0.4, 0.5) is 0 Å². The van der Waals surface area contributed by atoms with Crippen molar-refractivity contribution in [1.29, 1.82) is 0 Å². The molecule has 0 aliphatic heterocycles. The first-order valence-corrected chi connectivity index (χ1v) is 7.84. The van der Waals surface area contributed by atoms with E-state index in [1.807, 2.05) is 0 Å². The van der Waals surface area contributed by atoms with E-state index in [1.165, 1.54) is 12.0 Å². The summed E-state index contributed by atoms with van der Waals surface area (Å²) in [6.07, 6.45) is 1.60. The van der Waals surface area contributed by atoms with E-state index in [0.717, 1.165) is 0 Å².